The molecule has 0 aliphatic carbocycles. The van der Waals surface area contributed by atoms with Gasteiger partial charge in [0.2, 0.25) is 0 Å². The number of fused-ring (bicyclic) bond motifs is 1. The van der Waals surface area contributed by atoms with E-state index in [9.17, 15) is 22.8 Å². The maximum Gasteiger partial charge on any atom is 0.418 e. The van der Waals surface area contributed by atoms with Gasteiger partial charge in [-0.05, 0) is 33.8 Å². The first-order valence-corrected chi connectivity index (χ1v) is 10.3. The molecule has 0 atom stereocenters. The number of hydrogen-bond acceptors (Lipinski definition) is 6. The number of aromatic nitrogens is 1. The van der Waals surface area contributed by atoms with E-state index >= 15 is 0 Å². The van der Waals surface area contributed by atoms with Crippen molar-refractivity contribution in [3.05, 3.63) is 35.5 Å². The number of pyridine rings is 1. The Morgan fingerprint density at radius 2 is 1.75 bits per heavy atom. The van der Waals surface area contributed by atoms with Crippen LogP contribution in [0.2, 0.25) is 0 Å². The molecule has 1 aliphatic rings. The van der Waals surface area contributed by atoms with Crippen LogP contribution in [0.1, 0.15) is 43.6 Å². The smallest absolute Gasteiger partial charge is 0.418 e. The van der Waals surface area contributed by atoms with Crippen LogP contribution in [0.25, 0.3) is 10.9 Å². The molecular formula is C22H26F3N3O4. The molecule has 2 aromatic rings. The van der Waals surface area contributed by atoms with Gasteiger partial charge in [0.25, 0.3) is 0 Å². The summed E-state index contributed by atoms with van der Waals surface area (Å²) >= 11 is 0. The van der Waals surface area contributed by atoms with Gasteiger partial charge in [-0.1, -0.05) is 12.1 Å². The number of alkyl halides is 3. The molecule has 32 heavy (non-hydrogen) atoms. The van der Waals surface area contributed by atoms with Gasteiger partial charge in [-0.3, -0.25) is 4.98 Å². The van der Waals surface area contributed by atoms with E-state index in [2.05, 4.69) is 4.98 Å². The SMILES string of the molecule is CCOC(=O)c1cnc2c(C(F)(F)F)cccc2c1N1CCN(C(=O)OC(C)(C)C)CC1. The van der Waals surface area contributed by atoms with Crippen molar-refractivity contribution in [3.63, 3.8) is 0 Å². The van der Waals surface area contributed by atoms with Gasteiger partial charge in [-0.2, -0.15) is 13.2 Å². The van der Waals surface area contributed by atoms with Crippen molar-refractivity contribution >= 4 is 28.7 Å². The number of piperazine rings is 1. The maximum absolute atomic E-state index is 13.5. The first kappa shape index (κ1) is 23.6. The Labute approximate surface area is 184 Å². The lowest BCUT2D eigenvalue weighted by Crippen LogP contribution is -2.50. The molecule has 10 heteroatoms. The first-order chi connectivity index (χ1) is 14.9. The molecule has 1 aliphatic heterocycles. The van der Waals surface area contributed by atoms with Crippen LogP contribution < -0.4 is 4.90 Å². The maximum atomic E-state index is 13.5. The van der Waals surface area contributed by atoms with Crippen molar-refractivity contribution in [3.8, 4) is 0 Å². The highest BCUT2D eigenvalue weighted by Crippen LogP contribution is 2.38. The van der Waals surface area contributed by atoms with Crippen molar-refractivity contribution < 1.29 is 32.2 Å². The zero-order chi connectivity index (χ0) is 23.7. The first-order valence-electron chi connectivity index (χ1n) is 10.3. The van der Waals surface area contributed by atoms with Crippen LogP contribution in [0.15, 0.2) is 24.4 Å². The minimum absolute atomic E-state index is 0.0874. The minimum atomic E-state index is -4.59. The largest absolute Gasteiger partial charge is 0.462 e. The fourth-order valence-corrected chi connectivity index (χ4v) is 3.58. The lowest BCUT2D eigenvalue weighted by atomic mass is 10.0. The van der Waals surface area contributed by atoms with E-state index in [1.807, 2.05) is 0 Å². The number of rotatable bonds is 3. The number of hydrogen-bond donors (Lipinski definition) is 0. The summed E-state index contributed by atoms with van der Waals surface area (Å²) in [4.78, 5) is 32.2. The molecular weight excluding hydrogens is 427 g/mol. The number of amides is 1. The lowest BCUT2D eigenvalue weighted by molar-refractivity contribution is -0.136. The third kappa shape index (κ3) is 5.05. The van der Waals surface area contributed by atoms with Gasteiger partial charge in [0.1, 0.15) is 11.2 Å². The average Bonchev–Trinajstić information content (AvgIpc) is 2.70. The van der Waals surface area contributed by atoms with Gasteiger partial charge in [0, 0.05) is 37.8 Å². The van der Waals surface area contributed by atoms with E-state index in [1.165, 1.54) is 17.0 Å². The molecule has 1 aromatic carbocycles. The molecule has 0 N–H and O–H groups in total. The fraction of sp³-hybridized carbons (Fsp3) is 0.500. The van der Waals surface area contributed by atoms with Gasteiger partial charge in [0.05, 0.1) is 23.4 Å². The highest BCUT2D eigenvalue weighted by atomic mass is 19.4. The minimum Gasteiger partial charge on any atom is -0.462 e. The average molecular weight is 453 g/mol. The number of benzene rings is 1. The number of para-hydroxylation sites is 1. The van der Waals surface area contributed by atoms with Gasteiger partial charge in [-0.15, -0.1) is 0 Å². The Hall–Kier alpha value is -3.04. The summed E-state index contributed by atoms with van der Waals surface area (Å²) in [7, 11) is 0. The third-order valence-corrected chi connectivity index (χ3v) is 4.92. The zero-order valence-corrected chi connectivity index (χ0v) is 18.5. The molecule has 0 saturated carbocycles. The summed E-state index contributed by atoms with van der Waals surface area (Å²) in [6, 6.07) is 3.77. The number of esters is 1. The highest BCUT2D eigenvalue weighted by Gasteiger charge is 2.35. The second kappa shape index (κ2) is 8.84. The normalized spacial score (nSPS) is 15.1. The van der Waals surface area contributed by atoms with Crippen LogP contribution in [0.5, 0.6) is 0 Å². The third-order valence-electron chi connectivity index (χ3n) is 4.92. The van der Waals surface area contributed by atoms with Crippen LogP contribution in [0.3, 0.4) is 0 Å². The Morgan fingerprint density at radius 3 is 2.31 bits per heavy atom. The second-order valence-electron chi connectivity index (χ2n) is 8.39. The molecule has 0 radical (unpaired) electrons. The summed E-state index contributed by atoms with van der Waals surface area (Å²) in [6.07, 6.45) is -3.92. The van der Waals surface area contributed by atoms with E-state index in [4.69, 9.17) is 9.47 Å². The standard InChI is InChI=1S/C22H26F3N3O4/c1-5-31-19(29)15-13-26-17-14(7-6-8-16(17)22(23,24)25)18(15)27-9-11-28(12-10-27)20(30)32-21(2,3)4/h6-8,13H,5,9-12H2,1-4H3. The molecule has 174 valence electrons. The van der Waals surface area contributed by atoms with E-state index in [1.54, 1.807) is 32.6 Å². The molecule has 0 spiro atoms. The topological polar surface area (TPSA) is 72.0 Å². The van der Waals surface area contributed by atoms with Crippen molar-refractivity contribution in [2.45, 2.75) is 39.5 Å². The molecule has 1 saturated heterocycles. The highest BCUT2D eigenvalue weighted by molar-refractivity contribution is 6.06. The summed E-state index contributed by atoms with van der Waals surface area (Å²) in [5.74, 6) is -0.663. The molecule has 0 bridgehead atoms. The Morgan fingerprint density at radius 1 is 1.09 bits per heavy atom. The molecule has 3 rings (SSSR count). The van der Waals surface area contributed by atoms with E-state index in [0.717, 1.165) is 12.3 Å². The van der Waals surface area contributed by atoms with Gasteiger partial charge in [0.15, 0.2) is 0 Å². The number of carbonyl (C=O) groups is 2. The quantitative estimate of drug-likeness (QED) is 0.638. The van der Waals surface area contributed by atoms with Crippen molar-refractivity contribution in [1.82, 2.24) is 9.88 Å². The van der Waals surface area contributed by atoms with Crippen LogP contribution in [-0.4, -0.2) is 60.3 Å². The molecule has 0 unspecified atom stereocenters. The predicted octanol–water partition coefficient (Wildman–Crippen LogP) is 4.49. The molecule has 1 aromatic heterocycles. The van der Waals surface area contributed by atoms with E-state index in [-0.39, 0.29) is 23.1 Å². The van der Waals surface area contributed by atoms with E-state index in [0.29, 0.717) is 31.9 Å². The van der Waals surface area contributed by atoms with Crippen LogP contribution in [0, 0.1) is 0 Å². The van der Waals surface area contributed by atoms with Crippen molar-refractivity contribution in [1.29, 1.82) is 0 Å². The summed E-state index contributed by atoms with van der Waals surface area (Å²) in [6.45, 7) is 8.27. The van der Waals surface area contributed by atoms with Crippen LogP contribution in [-0.2, 0) is 15.7 Å². The number of halogens is 3. The summed E-state index contributed by atoms with van der Waals surface area (Å²) in [5, 5.41) is 0.205. The van der Waals surface area contributed by atoms with Crippen LogP contribution in [0.4, 0.5) is 23.7 Å². The van der Waals surface area contributed by atoms with Gasteiger partial charge >= 0.3 is 18.2 Å². The Balaban J connectivity index is 2.00. The summed E-state index contributed by atoms with van der Waals surface area (Å²) in [5.41, 5.74) is -1.34. The van der Waals surface area contributed by atoms with Crippen molar-refractivity contribution in [2.24, 2.45) is 0 Å². The molecule has 7 nitrogen and oxygen atoms in total. The number of nitrogens with zero attached hydrogens (tertiary/aromatic N) is 3. The predicted molar refractivity (Wildman–Crippen MR) is 113 cm³/mol. The Bertz CT molecular complexity index is 1010. The fourth-order valence-electron chi connectivity index (χ4n) is 3.58. The van der Waals surface area contributed by atoms with Gasteiger partial charge < -0.3 is 19.3 Å². The second-order valence-corrected chi connectivity index (χ2v) is 8.39. The molecule has 2 heterocycles. The zero-order valence-electron chi connectivity index (χ0n) is 18.5. The van der Waals surface area contributed by atoms with E-state index < -0.39 is 29.4 Å². The monoisotopic (exact) mass is 453 g/mol. The van der Waals surface area contributed by atoms with Crippen molar-refractivity contribution in [2.75, 3.05) is 37.7 Å². The number of anilines is 1. The molecule has 1 fully saturated rings. The van der Waals surface area contributed by atoms with Crippen LogP contribution >= 0.6 is 0 Å². The number of carbonyl (C=O) groups excluding carboxylic acids is 2. The van der Waals surface area contributed by atoms with Gasteiger partial charge in [-0.25, -0.2) is 9.59 Å². The number of ether oxygens (including phenoxy) is 2. The lowest BCUT2D eigenvalue weighted by Gasteiger charge is -2.37. The molecule has 1 amide bonds. The summed E-state index contributed by atoms with van der Waals surface area (Å²) < 4.78 is 51.1. The Kier molecular flexibility index (Phi) is 6.52.